The van der Waals surface area contributed by atoms with Gasteiger partial charge in [-0.2, -0.15) is 0 Å². The Hall–Kier alpha value is -0.163. The smallest absolute Gasteiger partial charge is 0.365 e. The average Bonchev–Trinajstić information content (AvgIpc) is 2.62. The first-order valence-corrected chi connectivity index (χ1v) is 13.3. The van der Waals surface area contributed by atoms with Crippen molar-refractivity contribution in [3.63, 3.8) is 0 Å². The molecule has 0 spiro atoms. The summed E-state index contributed by atoms with van der Waals surface area (Å²) in [5, 5.41) is 0. The number of hydrogen-bond donors (Lipinski definition) is 0. The Balaban J connectivity index is 1.84. The van der Waals surface area contributed by atoms with Crippen molar-refractivity contribution in [3.8, 4) is 0 Å². The van der Waals surface area contributed by atoms with Gasteiger partial charge in [0.1, 0.15) is 0 Å². The van der Waals surface area contributed by atoms with E-state index in [1.54, 1.807) is 0 Å². The summed E-state index contributed by atoms with van der Waals surface area (Å²) in [6, 6.07) is 0. The molecule has 0 aromatic carbocycles. The molecule has 0 heterocycles. The third-order valence-corrected chi connectivity index (χ3v) is 9.98. The van der Waals surface area contributed by atoms with Crippen molar-refractivity contribution in [1.29, 1.82) is 0 Å². The Morgan fingerprint density at radius 1 is 0.556 bits per heavy atom. The van der Waals surface area contributed by atoms with Gasteiger partial charge in [-0.25, -0.2) is 0 Å². The summed E-state index contributed by atoms with van der Waals surface area (Å²) >= 11 is 0. The highest BCUT2D eigenvalue weighted by molar-refractivity contribution is 6.66. The molecule has 3 saturated carbocycles. The van der Waals surface area contributed by atoms with E-state index in [0.717, 1.165) is 38.5 Å². The molecule has 0 aliphatic heterocycles. The van der Waals surface area contributed by atoms with Gasteiger partial charge in [-0.3, -0.25) is 0 Å². The van der Waals surface area contributed by atoms with Gasteiger partial charge >= 0.3 is 8.80 Å². The molecule has 0 atom stereocenters. The first-order valence-electron chi connectivity index (χ1n) is 11.5. The molecular weight excluding hydrogens is 352 g/mol. The fraction of sp³-hybridized carbons (Fsp3) is 0.913. The van der Waals surface area contributed by atoms with E-state index in [2.05, 4.69) is 27.4 Å². The summed E-state index contributed by atoms with van der Waals surface area (Å²) in [4.78, 5) is 0. The molecule has 0 aromatic rings. The molecule has 156 valence electrons. The predicted octanol–water partition coefficient (Wildman–Crippen LogP) is 6.87. The fourth-order valence-corrected chi connectivity index (χ4v) is 8.47. The normalized spacial score (nSPS) is 27.8. The zero-order valence-corrected chi connectivity index (χ0v) is 19.1. The molecule has 0 unspecified atom stereocenters. The van der Waals surface area contributed by atoms with E-state index >= 15 is 0 Å². The Kier molecular flexibility index (Phi) is 6.93. The molecule has 0 amide bonds. The van der Waals surface area contributed by atoms with Gasteiger partial charge in [-0.1, -0.05) is 64.4 Å². The average molecular weight is 395 g/mol. The molecule has 3 nitrogen and oxygen atoms in total. The predicted molar refractivity (Wildman–Crippen MR) is 114 cm³/mol. The highest BCUT2D eigenvalue weighted by atomic mass is 28.4. The van der Waals surface area contributed by atoms with Gasteiger partial charge in [-0.05, 0) is 65.0 Å². The van der Waals surface area contributed by atoms with E-state index in [9.17, 15) is 0 Å². The van der Waals surface area contributed by atoms with Crippen LogP contribution in [0.1, 0.15) is 117 Å². The van der Waals surface area contributed by atoms with Crippen molar-refractivity contribution < 1.29 is 13.3 Å². The summed E-state index contributed by atoms with van der Waals surface area (Å²) < 4.78 is 20.8. The SMILES string of the molecule is C=C[Si](OC1(C)CCCCC1)(OC1(C)CCCCC1)OC1(C)CCCCC1. The highest BCUT2D eigenvalue weighted by Crippen LogP contribution is 2.42. The van der Waals surface area contributed by atoms with Gasteiger partial charge < -0.3 is 13.3 Å². The zero-order valence-electron chi connectivity index (χ0n) is 18.1. The van der Waals surface area contributed by atoms with Crippen LogP contribution in [-0.2, 0) is 13.3 Å². The Bertz CT molecular complexity index is 421. The minimum Gasteiger partial charge on any atom is -0.365 e. The lowest BCUT2D eigenvalue weighted by Gasteiger charge is -2.48. The van der Waals surface area contributed by atoms with Crippen LogP contribution in [0.25, 0.3) is 0 Å². The molecule has 0 radical (unpaired) electrons. The molecule has 0 aromatic heterocycles. The molecule has 0 bridgehead atoms. The van der Waals surface area contributed by atoms with Crippen LogP contribution in [0.3, 0.4) is 0 Å². The van der Waals surface area contributed by atoms with Gasteiger partial charge in [0.25, 0.3) is 0 Å². The van der Waals surface area contributed by atoms with Crippen LogP contribution < -0.4 is 0 Å². The Morgan fingerprint density at radius 2 is 0.815 bits per heavy atom. The van der Waals surface area contributed by atoms with Crippen LogP contribution in [0, 0.1) is 0 Å². The van der Waals surface area contributed by atoms with Gasteiger partial charge in [-0.15, -0.1) is 0 Å². The van der Waals surface area contributed by atoms with Gasteiger partial charge in [0, 0.05) is 0 Å². The van der Waals surface area contributed by atoms with E-state index in [4.69, 9.17) is 13.3 Å². The maximum Gasteiger partial charge on any atom is 0.530 e. The van der Waals surface area contributed by atoms with E-state index in [0.29, 0.717) is 0 Å². The molecule has 3 aliphatic carbocycles. The molecule has 0 N–H and O–H groups in total. The Morgan fingerprint density at radius 3 is 1.04 bits per heavy atom. The summed E-state index contributed by atoms with van der Waals surface area (Å²) in [6.07, 6.45) is 18.1. The van der Waals surface area contributed by atoms with Crippen LogP contribution in [0.4, 0.5) is 0 Å². The van der Waals surface area contributed by atoms with Crippen LogP contribution in [0.5, 0.6) is 0 Å². The van der Waals surface area contributed by atoms with E-state index in [1.165, 1.54) is 57.8 Å². The third kappa shape index (κ3) is 5.68. The molecule has 0 saturated heterocycles. The largest absolute Gasteiger partial charge is 0.530 e. The molecule has 3 rings (SSSR count). The summed E-state index contributed by atoms with van der Waals surface area (Å²) in [7, 11) is -2.98. The Labute approximate surface area is 168 Å². The topological polar surface area (TPSA) is 27.7 Å². The van der Waals surface area contributed by atoms with Crippen molar-refractivity contribution >= 4 is 8.80 Å². The van der Waals surface area contributed by atoms with Crippen LogP contribution in [0.2, 0.25) is 0 Å². The monoisotopic (exact) mass is 394 g/mol. The summed E-state index contributed by atoms with van der Waals surface area (Å²) in [5.41, 5.74) is 1.56. The van der Waals surface area contributed by atoms with Crippen molar-refractivity contribution in [2.75, 3.05) is 0 Å². The van der Waals surface area contributed by atoms with Crippen molar-refractivity contribution in [3.05, 3.63) is 12.3 Å². The van der Waals surface area contributed by atoms with Crippen LogP contribution >= 0.6 is 0 Å². The number of rotatable bonds is 7. The molecule has 4 heteroatoms. The zero-order chi connectivity index (χ0) is 19.4. The second kappa shape index (κ2) is 8.69. The van der Waals surface area contributed by atoms with Crippen molar-refractivity contribution in [2.24, 2.45) is 0 Å². The van der Waals surface area contributed by atoms with Crippen LogP contribution in [-0.4, -0.2) is 25.6 Å². The minimum atomic E-state index is -2.98. The maximum atomic E-state index is 6.93. The van der Waals surface area contributed by atoms with E-state index in [1.807, 2.05) is 5.70 Å². The second-order valence-electron chi connectivity index (χ2n) is 10.1. The standard InChI is InChI=1S/C23H42O3Si/c1-5-27(24-21(2)15-9-6-10-16-21,25-22(3)17-11-7-12-18-22)26-23(4)19-13-8-14-20-23/h5H,1,6-20H2,2-4H3. The maximum absolute atomic E-state index is 6.93. The highest BCUT2D eigenvalue weighted by Gasteiger charge is 2.53. The van der Waals surface area contributed by atoms with Crippen molar-refractivity contribution in [2.45, 2.75) is 134 Å². The lowest BCUT2D eigenvalue weighted by atomic mass is 9.87. The summed E-state index contributed by atoms with van der Waals surface area (Å²) in [6.45, 7) is 11.0. The minimum absolute atomic E-state index is 0.130. The van der Waals surface area contributed by atoms with Crippen LogP contribution in [0.15, 0.2) is 12.3 Å². The number of hydrogen-bond acceptors (Lipinski definition) is 3. The van der Waals surface area contributed by atoms with Gasteiger partial charge in [0.2, 0.25) is 0 Å². The van der Waals surface area contributed by atoms with E-state index < -0.39 is 8.80 Å². The van der Waals surface area contributed by atoms with Crippen molar-refractivity contribution in [1.82, 2.24) is 0 Å². The second-order valence-corrected chi connectivity index (χ2v) is 12.4. The quantitative estimate of drug-likeness (QED) is 0.441. The molecule has 3 fully saturated rings. The van der Waals surface area contributed by atoms with E-state index in [-0.39, 0.29) is 16.8 Å². The fourth-order valence-electron chi connectivity index (χ4n) is 5.42. The first-order chi connectivity index (χ1) is 12.8. The lowest BCUT2D eigenvalue weighted by Crippen LogP contribution is -2.59. The van der Waals surface area contributed by atoms with Gasteiger partial charge in [0.15, 0.2) is 0 Å². The third-order valence-electron chi connectivity index (χ3n) is 7.15. The summed E-state index contributed by atoms with van der Waals surface area (Å²) in [5.74, 6) is 0. The lowest BCUT2D eigenvalue weighted by molar-refractivity contribution is -0.114. The molecule has 3 aliphatic rings. The molecular formula is C23H42O3Si. The molecule has 27 heavy (non-hydrogen) atoms. The first kappa shape index (κ1) is 21.5. The van der Waals surface area contributed by atoms with Gasteiger partial charge in [0.05, 0.1) is 16.8 Å².